The van der Waals surface area contributed by atoms with Crippen molar-refractivity contribution >= 4 is 11.8 Å². The zero-order valence-corrected chi connectivity index (χ0v) is 15.2. The topological polar surface area (TPSA) is 59.1 Å². The Labute approximate surface area is 148 Å². The van der Waals surface area contributed by atoms with Gasteiger partial charge in [0.1, 0.15) is 0 Å². The molecule has 6 nitrogen and oxygen atoms in total. The molecule has 0 N–H and O–H groups in total. The van der Waals surface area contributed by atoms with Gasteiger partial charge in [0, 0.05) is 38.7 Å². The van der Waals surface area contributed by atoms with Gasteiger partial charge in [-0.3, -0.25) is 9.59 Å². The van der Waals surface area contributed by atoms with Crippen molar-refractivity contribution in [3.05, 3.63) is 23.8 Å². The molecule has 2 heterocycles. The number of rotatable bonds is 4. The standard InChI is InChI=1S/C19H26N2O4/c1-14(22)21-11-9-19(13-21)8-5-10-20(18(19)23)12-15-6-4-7-16(24-2)17(15)25-3/h4,6-7H,5,8-13H2,1-3H3/t19-/m0/s1. The minimum atomic E-state index is -0.407. The fraction of sp³-hybridized carbons (Fsp3) is 0.579. The summed E-state index contributed by atoms with van der Waals surface area (Å²) in [4.78, 5) is 28.6. The van der Waals surface area contributed by atoms with Gasteiger partial charge in [-0.05, 0) is 25.3 Å². The van der Waals surface area contributed by atoms with Crippen molar-refractivity contribution in [2.75, 3.05) is 33.9 Å². The summed E-state index contributed by atoms with van der Waals surface area (Å²) in [6.45, 7) is 4.04. The number of likely N-dealkylation sites (tertiary alicyclic amines) is 2. The van der Waals surface area contributed by atoms with Crippen LogP contribution in [-0.2, 0) is 16.1 Å². The van der Waals surface area contributed by atoms with Gasteiger partial charge in [-0.2, -0.15) is 0 Å². The van der Waals surface area contributed by atoms with Crippen LogP contribution in [0.5, 0.6) is 11.5 Å². The molecule has 1 spiro atoms. The van der Waals surface area contributed by atoms with Crippen LogP contribution >= 0.6 is 0 Å². The predicted octanol–water partition coefficient (Wildman–Crippen LogP) is 2.06. The molecule has 0 saturated carbocycles. The fourth-order valence-electron chi connectivity index (χ4n) is 4.11. The van der Waals surface area contributed by atoms with Crippen LogP contribution in [0, 0.1) is 5.41 Å². The number of ether oxygens (including phenoxy) is 2. The molecule has 3 rings (SSSR count). The van der Waals surface area contributed by atoms with Gasteiger partial charge in [-0.1, -0.05) is 12.1 Å². The highest BCUT2D eigenvalue weighted by atomic mass is 16.5. The van der Waals surface area contributed by atoms with Crippen molar-refractivity contribution in [3.8, 4) is 11.5 Å². The highest BCUT2D eigenvalue weighted by Crippen LogP contribution is 2.41. The summed E-state index contributed by atoms with van der Waals surface area (Å²) in [5, 5.41) is 0. The lowest BCUT2D eigenvalue weighted by Gasteiger charge is -2.39. The molecule has 6 heteroatoms. The third-order valence-electron chi connectivity index (χ3n) is 5.47. The predicted molar refractivity (Wildman–Crippen MR) is 93.5 cm³/mol. The number of hydrogen-bond donors (Lipinski definition) is 0. The lowest BCUT2D eigenvalue weighted by molar-refractivity contribution is -0.146. The molecular weight excluding hydrogens is 320 g/mol. The molecule has 2 aliphatic rings. The van der Waals surface area contributed by atoms with E-state index in [4.69, 9.17) is 9.47 Å². The number of piperidine rings is 1. The number of para-hydroxylation sites is 1. The Morgan fingerprint density at radius 2 is 2.00 bits per heavy atom. The molecular formula is C19H26N2O4. The van der Waals surface area contributed by atoms with E-state index < -0.39 is 5.41 Å². The van der Waals surface area contributed by atoms with E-state index in [2.05, 4.69) is 0 Å². The molecule has 2 fully saturated rings. The maximum atomic E-state index is 13.2. The SMILES string of the molecule is COc1cccc(CN2CCC[C@@]3(CCN(C(C)=O)C3)C2=O)c1OC. The highest BCUT2D eigenvalue weighted by molar-refractivity contribution is 5.85. The minimum Gasteiger partial charge on any atom is -0.493 e. The summed E-state index contributed by atoms with van der Waals surface area (Å²) in [5.41, 5.74) is 0.532. The molecule has 0 radical (unpaired) electrons. The van der Waals surface area contributed by atoms with Crippen molar-refractivity contribution < 1.29 is 19.1 Å². The van der Waals surface area contributed by atoms with E-state index in [9.17, 15) is 9.59 Å². The Hall–Kier alpha value is -2.24. The lowest BCUT2D eigenvalue weighted by atomic mass is 9.78. The van der Waals surface area contributed by atoms with Crippen molar-refractivity contribution in [1.82, 2.24) is 9.80 Å². The van der Waals surface area contributed by atoms with E-state index in [-0.39, 0.29) is 11.8 Å². The number of nitrogens with zero attached hydrogens (tertiary/aromatic N) is 2. The fourth-order valence-corrected chi connectivity index (χ4v) is 4.11. The van der Waals surface area contributed by atoms with Crippen LogP contribution in [-0.4, -0.2) is 55.5 Å². The first-order chi connectivity index (χ1) is 12.0. The first kappa shape index (κ1) is 17.6. The van der Waals surface area contributed by atoms with Gasteiger partial charge < -0.3 is 19.3 Å². The number of methoxy groups -OCH3 is 2. The maximum Gasteiger partial charge on any atom is 0.230 e. The van der Waals surface area contributed by atoms with Gasteiger partial charge in [0.25, 0.3) is 0 Å². The van der Waals surface area contributed by atoms with Crippen LogP contribution < -0.4 is 9.47 Å². The summed E-state index contributed by atoms with van der Waals surface area (Å²) in [7, 11) is 3.22. The van der Waals surface area contributed by atoms with E-state index in [0.717, 1.165) is 31.4 Å². The van der Waals surface area contributed by atoms with E-state index in [1.54, 1.807) is 26.0 Å². The van der Waals surface area contributed by atoms with E-state index in [1.807, 2.05) is 23.1 Å². The third-order valence-corrected chi connectivity index (χ3v) is 5.47. The number of carbonyl (C=O) groups is 2. The summed E-state index contributed by atoms with van der Waals surface area (Å²) in [5.74, 6) is 1.56. The Balaban J connectivity index is 1.80. The van der Waals surface area contributed by atoms with Crippen LogP contribution in [0.25, 0.3) is 0 Å². The molecule has 0 unspecified atom stereocenters. The second-order valence-corrected chi connectivity index (χ2v) is 6.95. The highest BCUT2D eigenvalue weighted by Gasteiger charge is 2.48. The number of benzene rings is 1. The molecule has 2 saturated heterocycles. The van der Waals surface area contributed by atoms with Crippen molar-refractivity contribution in [1.29, 1.82) is 0 Å². The summed E-state index contributed by atoms with van der Waals surface area (Å²) in [6.07, 6.45) is 2.59. The first-order valence-corrected chi connectivity index (χ1v) is 8.75. The average Bonchev–Trinajstić information content (AvgIpc) is 3.04. The molecule has 1 aromatic carbocycles. The number of carbonyl (C=O) groups excluding carboxylic acids is 2. The molecule has 1 aromatic rings. The van der Waals surface area contributed by atoms with Gasteiger partial charge >= 0.3 is 0 Å². The Morgan fingerprint density at radius 1 is 1.20 bits per heavy atom. The normalized spacial score (nSPS) is 23.2. The molecule has 0 bridgehead atoms. The summed E-state index contributed by atoms with van der Waals surface area (Å²) in [6, 6.07) is 5.73. The number of hydrogen-bond acceptors (Lipinski definition) is 4. The second kappa shape index (κ2) is 6.94. The van der Waals surface area contributed by atoms with Gasteiger partial charge in [-0.25, -0.2) is 0 Å². The number of amides is 2. The average molecular weight is 346 g/mol. The zero-order chi connectivity index (χ0) is 18.0. The second-order valence-electron chi connectivity index (χ2n) is 6.95. The zero-order valence-electron chi connectivity index (χ0n) is 15.2. The van der Waals surface area contributed by atoms with Crippen molar-refractivity contribution in [2.45, 2.75) is 32.7 Å². The molecule has 1 atom stereocenters. The van der Waals surface area contributed by atoms with Gasteiger partial charge in [-0.15, -0.1) is 0 Å². The summed E-state index contributed by atoms with van der Waals surface area (Å²) >= 11 is 0. The van der Waals surface area contributed by atoms with E-state index >= 15 is 0 Å². The smallest absolute Gasteiger partial charge is 0.230 e. The third kappa shape index (κ3) is 3.17. The molecule has 0 aliphatic carbocycles. The minimum absolute atomic E-state index is 0.0521. The molecule has 136 valence electrons. The first-order valence-electron chi connectivity index (χ1n) is 8.75. The molecule has 25 heavy (non-hydrogen) atoms. The molecule has 2 aliphatic heterocycles. The van der Waals surface area contributed by atoms with Crippen LogP contribution in [0.2, 0.25) is 0 Å². The van der Waals surface area contributed by atoms with Gasteiger partial charge in [0.2, 0.25) is 11.8 Å². The van der Waals surface area contributed by atoms with Gasteiger partial charge in [0.15, 0.2) is 11.5 Å². The molecule has 0 aromatic heterocycles. The monoisotopic (exact) mass is 346 g/mol. The van der Waals surface area contributed by atoms with E-state index in [0.29, 0.717) is 31.1 Å². The van der Waals surface area contributed by atoms with E-state index in [1.165, 1.54) is 0 Å². The quantitative estimate of drug-likeness (QED) is 0.837. The Bertz CT molecular complexity index is 675. The Morgan fingerprint density at radius 3 is 2.64 bits per heavy atom. The van der Waals surface area contributed by atoms with Crippen LogP contribution in [0.1, 0.15) is 31.7 Å². The lowest BCUT2D eigenvalue weighted by Crippen LogP contribution is -2.49. The van der Waals surface area contributed by atoms with Crippen LogP contribution in [0.3, 0.4) is 0 Å². The van der Waals surface area contributed by atoms with Crippen LogP contribution in [0.15, 0.2) is 18.2 Å². The maximum absolute atomic E-state index is 13.2. The summed E-state index contributed by atoms with van der Waals surface area (Å²) < 4.78 is 10.8. The Kier molecular flexibility index (Phi) is 4.88. The van der Waals surface area contributed by atoms with Crippen molar-refractivity contribution in [3.63, 3.8) is 0 Å². The van der Waals surface area contributed by atoms with Gasteiger partial charge in [0.05, 0.1) is 19.6 Å². The molecule has 2 amide bonds. The van der Waals surface area contributed by atoms with Crippen LogP contribution in [0.4, 0.5) is 0 Å². The van der Waals surface area contributed by atoms with Crippen molar-refractivity contribution in [2.24, 2.45) is 5.41 Å². The largest absolute Gasteiger partial charge is 0.493 e.